The number of carbonyl (C=O) groups is 2. The summed E-state index contributed by atoms with van der Waals surface area (Å²) in [7, 11) is 0. The molecule has 25 heavy (non-hydrogen) atoms. The third kappa shape index (κ3) is 3.90. The Morgan fingerprint density at radius 2 is 2.20 bits per heavy atom. The van der Waals surface area contributed by atoms with Gasteiger partial charge in [0.05, 0.1) is 5.69 Å². The number of fused-ring (bicyclic) bond motifs is 1. The van der Waals surface area contributed by atoms with Crippen molar-refractivity contribution in [2.75, 3.05) is 29.9 Å². The first kappa shape index (κ1) is 16.8. The van der Waals surface area contributed by atoms with Gasteiger partial charge < -0.3 is 19.9 Å². The zero-order valence-electron chi connectivity index (χ0n) is 14.2. The lowest BCUT2D eigenvalue weighted by molar-refractivity contribution is -0.118. The Morgan fingerprint density at radius 3 is 2.92 bits per heavy atom. The highest BCUT2D eigenvalue weighted by atomic mass is 16.5. The number of carbonyl (C=O) groups excluding carboxylic acids is 2. The quantitative estimate of drug-likeness (QED) is 0.866. The standard InChI is InChI=1S/C17H20N4O4/c1-3-18-17(23)21-7-6-12-4-5-13(9-14(12)21)19-15(22)10-24-16-8-11(2)25-20-16/h4-5,8-9H,3,6-7,10H2,1-2H3,(H,18,23)(H,19,22). The van der Waals surface area contributed by atoms with Crippen molar-refractivity contribution in [3.05, 3.63) is 35.6 Å². The van der Waals surface area contributed by atoms with E-state index < -0.39 is 0 Å². The number of ether oxygens (including phenoxy) is 1. The molecule has 0 atom stereocenters. The summed E-state index contributed by atoms with van der Waals surface area (Å²) >= 11 is 0. The minimum atomic E-state index is -0.317. The molecule has 0 bridgehead atoms. The van der Waals surface area contributed by atoms with Crippen molar-refractivity contribution >= 4 is 23.3 Å². The lowest BCUT2D eigenvalue weighted by Crippen LogP contribution is -2.38. The number of aryl methyl sites for hydroxylation is 1. The van der Waals surface area contributed by atoms with Crippen molar-refractivity contribution in [3.8, 4) is 5.88 Å². The number of rotatable bonds is 5. The van der Waals surface area contributed by atoms with Crippen LogP contribution in [0.15, 0.2) is 28.8 Å². The van der Waals surface area contributed by atoms with Gasteiger partial charge in [-0.2, -0.15) is 0 Å². The van der Waals surface area contributed by atoms with Crippen LogP contribution in [0.3, 0.4) is 0 Å². The Morgan fingerprint density at radius 1 is 1.36 bits per heavy atom. The van der Waals surface area contributed by atoms with E-state index in [-0.39, 0.29) is 24.4 Å². The fourth-order valence-corrected chi connectivity index (χ4v) is 2.66. The first-order chi connectivity index (χ1) is 12.1. The second kappa shape index (κ2) is 7.25. The van der Waals surface area contributed by atoms with E-state index in [1.54, 1.807) is 24.0 Å². The summed E-state index contributed by atoms with van der Waals surface area (Å²) in [4.78, 5) is 25.8. The summed E-state index contributed by atoms with van der Waals surface area (Å²) in [6, 6.07) is 7.02. The van der Waals surface area contributed by atoms with E-state index in [9.17, 15) is 9.59 Å². The predicted molar refractivity (Wildman–Crippen MR) is 91.9 cm³/mol. The molecule has 0 fully saturated rings. The number of benzene rings is 1. The number of nitrogens with zero attached hydrogens (tertiary/aromatic N) is 2. The van der Waals surface area contributed by atoms with Crippen molar-refractivity contribution in [1.29, 1.82) is 0 Å². The fraction of sp³-hybridized carbons (Fsp3) is 0.353. The van der Waals surface area contributed by atoms with Crippen molar-refractivity contribution < 1.29 is 18.8 Å². The minimum absolute atomic E-state index is 0.130. The molecule has 1 aromatic carbocycles. The van der Waals surface area contributed by atoms with E-state index in [4.69, 9.17) is 9.26 Å². The molecule has 132 valence electrons. The maximum atomic E-state index is 12.1. The molecule has 3 rings (SSSR count). The van der Waals surface area contributed by atoms with Crippen LogP contribution in [0.2, 0.25) is 0 Å². The van der Waals surface area contributed by atoms with Gasteiger partial charge in [-0.05, 0) is 43.1 Å². The zero-order valence-corrected chi connectivity index (χ0v) is 14.2. The number of nitrogens with one attached hydrogen (secondary N) is 2. The van der Waals surface area contributed by atoms with Crippen molar-refractivity contribution in [3.63, 3.8) is 0 Å². The molecule has 1 aliphatic rings. The average molecular weight is 344 g/mol. The summed E-state index contributed by atoms with van der Waals surface area (Å²) in [5, 5.41) is 9.21. The van der Waals surface area contributed by atoms with Crippen molar-refractivity contribution in [2.45, 2.75) is 20.3 Å². The van der Waals surface area contributed by atoms with Crippen LogP contribution in [0.4, 0.5) is 16.2 Å². The van der Waals surface area contributed by atoms with Gasteiger partial charge >= 0.3 is 6.03 Å². The minimum Gasteiger partial charge on any atom is -0.465 e. The zero-order chi connectivity index (χ0) is 17.8. The molecule has 0 spiro atoms. The lowest BCUT2D eigenvalue weighted by atomic mass is 10.1. The smallest absolute Gasteiger partial charge is 0.321 e. The molecule has 2 heterocycles. The maximum Gasteiger partial charge on any atom is 0.321 e. The Kier molecular flexibility index (Phi) is 4.87. The van der Waals surface area contributed by atoms with Crippen molar-refractivity contribution in [2.24, 2.45) is 0 Å². The Labute approximate surface area is 145 Å². The molecule has 2 aromatic rings. The lowest BCUT2D eigenvalue weighted by Gasteiger charge is -2.18. The van der Waals surface area contributed by atoms with Crippen LogP contribution in [-0.2, 0) is 11.2 Å². The van der Waals surface area contributed by atoms with Gasteiger partial charge in [0.2, 0.25) is 0 Å². The van der Waals surface area contributed by atoms with Crippen LogP contribution in [0, 0.1) is 6.92 Å². The average Bonchev–Trinajstić information content (AvgIpc) is 3.19. The van der Waals surface area contributed by atoms with Gasteiger partial charge in [-0.1, -0.05) is 6.07 Å². The monoisotopic (exact) mass is 344 g/mol. The van der Waals surface area contributed by atoms with E-state index in [0.717, 1.165) is 17.7 Å². The summed E-state index contributed by atoms with van der Waals surface area (Å²) < 4.78 is 10.1. The van der Waals surface area contributed by atoms with Gasteiger partial charge in [0, 0.05) is 24.8 Å². The number of amides is 3. The first-order valence-corrected chi connectivity index (χ1v) is 8.11. The summed E-state index contributed by atoms with van der Waals surface area (Å²) in [6.45, 7) is 4.64. The molecule has 0 saturated carbocycles. The normalized spacial score (nSPS) is 12.6. The highest BCUT2D eigenvalue weighted by Crippen LogP contribution is 2.30. The van der Waals surface area contributed by atoms with E-state index >= 15 is 0 Å². The molecule has 0 aliphatic carbocycles. The second-order valence-electron chi connectivity index (χ2n) is 5.69. The molecular formula is C17H20N4O4. The van der Waals surface area contributed by atoms with Crippen LogP contribution < -0.4 is 20.3 Å². The molecule has 1 aromatic heterocycles. The number of urea groups is 1. The highest BCUT2D eigenvalue weighted by Gasteiger charge is 2.24. The second-order valence-corrected chi connectivity index (χ2v) is 5.69. The SMILES string of the molecule is CCNC(=O)N1CCc2ccc(NC(=O)COc3cc(C)on3)cc21. The molecule has 0 radical (unpaired) electrons. The number of anilines is 2. The molecular weight excluding hydrogens is 324 g/mol. The summed E-state index contributed by atoms with van der Waals surface area (Å²) in [6.07, 6.45) is 0.801. The third-order valence-electron chi connectivity index (χ3n) is 3.80. The van der Waals surface area contributed by atoms with E-state index in [1.807, 2.05) is 19.1 Å². The Hall–Kier alpha value is -3.03. The highest BCUT2D eigenvalue weighted by molar-refractivity contribution is 5.97. The first-order valence-electron chi connectivity index (χ1n) is 8.11. The van der Waals surface area contributed by atoms with Crippen LogP contribution in [-0.4, -0.2) is 36.8 Å². The maximum absolute atomic E-state index is 12.1. The molecule has 8 nitrogen and oxygen atoms in total. The van der Waals surface area contributed by atoms with Crippen LogP contribution in [0.5, 0.6) is 5.88 Å². The summed E-state index contributed by atoms with van der Waals surface area (Å²) in [5.41, 5.74) is 2.51. The van der Waals surface area contributed by atoms with Gasteiger partial charge in [-0.25, -0.2) is 4.79 Å². The van der Waals surface area contributed by atoms with Crippen LogP contribution >= 0.6 is 0 Å². The Bertz CT molecular complexity index is 787. The van der Waals surface area contributed by atoms with E-state index in [0.29, 0.717) is 24.5 Å². The number of aromatic nitrogens is 1. The van der Waals surface area contributed by atoms with Gasteiger partial charge in [0.25, 0.3) is 11.8 Å². The summed E-state index contributed by atoms with van der Waals surface area (Å²) in [5.74, 6) is 0.562. The molecule has 1 aliphatic heterocycles. The van der Waals surface area contributed by atoms with E-state index in [2.05, 4.69) is 15.8 Å². The number of hydrogen-bond acceptors (Lipinski definition) is 5. The van der Waals surface area contributed by atoms with Gasteiger partial charge in [-0.15, -0.1) is 0 Å². The molecule has 0 unspecified atom stereocenters. The molecule has 3 amide bonds. The predicted octanol–water partition coefficient (Wildman–Crippen LogP) is 2.09. The van der Waals surface area contributed by atoms with Crippen LogP contribution in [0.25, 0.3) is 0 Å². The third-order valence-corrected chi connectivity index (χ3v) is 3.80. The molecule has 2 N–H and O–H groups in total. The van der Waals surface area contributed by atoms with Gasteiger partial charge in [0.15, 0.2) is 6.61 Å². The van der Waals surface area contributed by atoms with Gasteiger partial charge in [0.1, 0.15) is 5.76 Å². The molecule has 8 heteroatoms. The van der Waals surface area contributed by atoms with Crippen LogP contribution in [0.1, 0.15) is 18.2 Å². The topological polar surface area (TPSA) is 96.7 Å². The van der Waals surface area contributed by atoms with Gasteiger partial charge in [-0.3, -0.25) is 9.69 Å². The largest absolute Gasteiger partial charge is 0.465 e. The van der Waals surface area contributed by atoms with Crippen molar-refractivity contribution in [1.82, 2.24) is 10.5 Å². The Balaban J connectivity index is 1.62. The number of hydrogen-bond donors (Lipinski definition) is 2. The fourth-order valence-electron chi connectivity index (χ4n) is 2.66. The van der Waals surface area contributed by atoms with E-state index in [1.165, 1.54) is 0 Å². The molecule has 0 saturated heterocycles.